The Morgan fingerprint density at radius 2 is 1.49 bits per heavy atom. The number of unbranched alkanes of at least 4 members (excludes halogenated alkanes) is 1. The van der Waals surface area contributed by atoms with Crippen LogP contribution in [0.3, 0.4) is 0 Å². The van der Waals surface area contributed by atoms with Crippen LogP contribution < -0.4 is 132 Å². The van der Waals surface area contributed by atoms with Crippen molar-refractivity contribution in [1.29, 1.82) is 0 Å². The monoisotopic (exact) mass is 743 g/mol. The fourth-order valence-corrected chi connectivity index (χ4v) is 3.51. The molecule has 0 fully saturated rings. The second-order valence-corrected chi connectivity index (χ2v) is 9.65. The standard InChI is InChI=1S/C29H45N5O7.2Rb/c1-21(22(2)35)7-4-5-14-31-26(37)8-6-17-41-18-16-33-28(39)20-29(40)34-24-11-9-23(10-12-24)19-27(38)32-15-13-25(36)30-3;;/h9-12,21H,4-8,13-20H2,1-3H3,(H5,30,31,32,33,34,36,37,38,39,40);;/q;2*+1/p-2. The molecule has 0 spiro atoms. The van der Waals surface area contributed by atoms with Crippen LogP contribution in [-0.4, -0.2) is 75.2 Å². The number of hydrogen-bond donors (Lipinski definition) is 3. The van der Waals surface area contributed by atoms with Crippen molar-refractivity contribution in [3.63, 3.8) is 0 Å². The molecule has 228 valence electrons. The number of hydrogen-bond acceptors (Lipinski definition) is 7. The first-order valence-electron chi connectivity index (χ1n) is 14.0. The molecular weight excluding hydrogens is 701 g/mol. The number of nitrogens with one attached hydrogen (secondary N) is 3. The van der Waals surface area contributed by atoms with E-state index in [1.807, 2.05) is 6.92 Å². The van der Waals surface area contributed by atoms with Gasteiger partial charge >= 0.3 is 116 Å². The van der Waals surface area contributed by atoms with Crippen molar-refractivity contribution >= 4 is 41.0 Å². The van der Waals surface area contributed by atoms with E-state index in [9.17, 15) is 28.8 Å². The number of benzene rings is 1. The molecule has 1 aromatic rings. The molecule has 0 saturated carbocycles. The third kappa shape index (κ3) is 24.7. The largest absolute Gasteiger partial charge is 1.00 e. The Morgan fingerprint density at radius 3 is 2.14 bits per heavy atom. The molecule has 0 heterocycles. The van der Waals surface area contributed by atoms with Gasteiger partial charge in [0.1, 0.15) is 5.78 Å². The molecule has 1 atom stereocenters. The van der Waals surface area contributed by atoms with Gasteiger partial charge in [0.25, 0.3) is 0 Å². The molecule has 1 aromatic carbocycles. The molecule has 0 radical (unpaired) electrons. The molecule has 14 heteroatoms. The molecule has 0 bridgehead atoms. The molecule has 5 amide bonds. The molecule has 0 aliphatic carbocycles. The molecule has 3 N–H and O–H groups in total. The number of carbonyl (C=O) groups is 6. The summed E-state index contributed by atoms with van der Waals surface area (Å²) in [6, 6.07) is 6.49. The number of ether oxygens (including phenoxy) is 1. The van der Waals surface area contributed by atoms with E-state index < -0.39 is 18.2 Å². The van der Waals surface area contributed by atoms with Gasteiger partial charge in [-0.25, -0.2) is 0 Å². The molecular formula is C29H43N5O7Rb2. The van der Waals surface area contributed by atoms with Crippen LogP contribution in [0.15, 0.2) is 24.3 Å². The maximum atomic E-state index is 12.1. The van der Waals surface area contributed by atoms with Gasteiger partial charge < -0.3 is 40.9 Å². The van der Waals surface area contributed by atoms with Gasteiger partial charge in [-0.1, -0.05) is 37.6 Å². The predicted molar refractivity (Wildman–Crippen MR) is 154 cm³/mol. The maximum absolute atomic E-state index is 12.1. The normalized spacial score (nSPS) is 10.7. The third-order valence-corrected chi connectivity index (χ3v) is 6.11. The minimum absolute atomic E-state index is 0. The second-order valence-electron chi connectivity index (χ2n) is 9.65. The molecule has 0 aliphatic rings. The minimum Gasteiger partial charge on any atom is -0.651 e. The summed E-state index contributed by atoms with van der Waals surface area (Å²) in [4.78, 5) is 70.1. The summed E-state index contributed by atoms with van der Waals surface area (Å²) in [6.07, 6.45) is 3.30. The van der Waals surface area contributed by atoms with Gasteiger partial charge in [-0.05, 0) is 31.7 Å². The second kappa shape index (κ2) is 28.1. The van der Waals surface area contributed by atoms with Gasteiger partial charge in [-0.3, -0.25) is 19.2 Å². The van der Waals surface area contributed by atoms with E-state index in [0.717, 1.165) is 19.3 Å². The molecule has 1 unspecified atom stereocenters. The van der Waals surface area contributed by atoms with E-state index in [-0.39, 0.29) is 178 Å². The van der Waals surface area contributed by atoms with Crippen molar-refractivity contribution in [2.75, 3.05) is 39.9 Å². The van der Waals surface area contributed by atoms with Gasteiger partial charge in [0, 0.05) is 58.5 Å². The van der Waals surface area contributed by atoms with E-state index in [1.165, 1.54) is 7.05 Å². The quantitative estimate of drug-likeness (QED) is 0.0870. The average Bonchev–Trinajstić information content (AvgIpc) is 2.92. The molecule has 1 rings (SSSR count). The van der Waals surface area contributed by atoms with Crippen molar-refractivity contribution < 1.29 is 150 Å². The summed E-state index contributed by atoms with van der Waals surface area (Å²) in [5.41, 5.74) is 1.08. The number of nitrogens with zero attached hydrogens (tertiary/aromatic N) is 2. The first-order valence-corrected chi connectivity index (χ1v) is 14.0. The van der Waals surface area contributed by atoms with Gasteiger partial charge in [0.05, 0.1) is 18.2 Å². The molecule has 0 saturated heterocycles. The van der Waals surface area contributed by atoms with E-state index in [2.05, 4.69) is 26.6 Å². The Labute approximate surface area is 352 Å². The SMILES string of the molecule is CNC(=O)CCNC(=O)Cc1ccc([N-]C(=O)CC(=O)[N-]CCOCCCC(=O)NCCCCC(C)C(C)=O)cc1.[Rb+].[Rb+]. The number of ketones is 1. The topological polar surface area (TPSA) is 176 Å². The van der Waals surface area contributed by atoms with E-state index in [4.69, 9.17) is 4.74 Å². The number of rotatable bonds is 21. The summed E-state index contributed by atoms with van der Waals surface area (Å²) in [6.45, 7) is 5.00. The van der Waals surface area contributed by atoms with Crippen LogP contribution in [-0.2, 0) is 39.9 Å². The third-order valence-electron chi connectivity index (χ3n) is 6.11. The average molecular weight is 745 g/mol. The zero-order valence-corrected chi connectivity index (χ0v) is 36.2. The van der Waals surface area contributed by atoms with Crippen molar-refractivity contribution in [3.05, 3.63) is 40.5 Å². The first-order chi connectivity index (χ1) is 19.6. The zero-order chi connectivity index (χ0) is 30.5. The Kier molecular flexibility index (Phi) is 29.3. The number of carbonyl (C=O) groups excluding carboxylic acids is 6. The fourth-order valence-electron chi connectivity index (χ4n) is 3.51. The van der Waals surface area contributed by atoms with Crippen LogP contribution in [0.25, 0.3) is 10.6 Å². The first kappa shape index (κ1) is 44.9. The molecule has 0 aliphatic heterocycles. The van der Waals surface area contributed by atoms with Gasteiger partial charge in [-0.15, -0.1) is 12.2 Å². The molecule has 0 aromatic heterocycles. The summed E-state index contributed by atoms with van der Waals surface area (Å²) >= 11 is 0. The van der Waals surface area contributed by atoms with Gasteiger partial charge in [-0.2, -0.15) is 0 Å². The number of amides is 5. The van der Waals surface area contributed by atoms with Crippen LogP contribution >= 0.6 is 0 Å². The molecule has 12 nitrogen and oxygen atoms in total. The summed E-state index contributed by atoms with van der Waals surface area (Å²) < 4.78 is 5.39. The molecule has 43 heavy (non-hydrogen) atoms. The summed E-state index contributed by atoms with van der Waals surface area (Å²) in [7, 11) is 1.53. The Morgan fingerprint density at radius 1 is 0.814 bits per heavy atom. The Hall–Kier alpha value is -0.190. The van der Waals surface area contributed by atoms with E-state index in [0.29, 0.717) is 37.2 Å². The van der Waals surface area contributed by atoms with Gasteiger partial charge in [0.15, 0.2) is 0 Å². The van der Waals surface area contributed by atoms with Gasteiger partial charge in [0.2, 0.25) is 17.7 Å². The van der Waals surface area contributed by atoms with E-state index in [1.54, 1.807) is 31.2 Å². The van der Waals surface area contributed by atoms with Crippen molar-refractivity contribution in [1.82, 2.24) is 16.0 Å². The van der Waals surface area contributed by atoms with Crippen LogP contribution in [0.2, 0.25) is 0 Å². The minimum atomic E-state index is -0.626. The van der Waals surface area contributed by atoms with E-state index >= 15 is 0 Å². The smallest absolute Gasteiger partial charge is 0.651 e. The van der Waals surface area contributed by atoms with Crippen LogP contribution in [0.1, 0.15) is 64.4 Å². The van der Waals surface area contributed by atoms with Crippen molar-refractivity contribution in [2.45, 2.75) is 65.2 Å². The van der Waals surface area contributed by atoms with Crippen molar-refractivity contribution in [2.24, 2.45) is 5.92 Å². The van der Waals surface area contributed by atoms with Crippen LogP contribution in [0.4, 0.5) is 5.69 Å². The zero-order valence-electron chi connectivity index (χ0n) is 26.3. The Balaban J connectivity index is 0. The maximum Gasteiger partial charge on any atom is 1.00 e. The van der Waals surface area contributed by atoms with Crippen molar-refractivity contribution in [3.8, 4) is 0 Å². The van der Waals surface area contributed by atoms with Crippen LogP contribution in [0, 0.1) is 5.92 Å². The van der Waals surface area contributed by atoms with Crippen LogP contribution in [0.5, 0.6) is 0 Å². The fraction of sp³-hybridized carbons (Fsp3) is 0.586. The summed E-state index contributed by atoms with van der Waals surface area (Å²) in [5.74, 6) is -1.40. The summed E-state index contributed by atoms with van der Waals surface area (Å²) in [5, 5.41) is 15.7. The predicted octanol–water partition coefficient (Wildman–Crippen LogP) is -3.38. The Bertz CT molecular complexity index is 1010. The number of Topliss-reactive ketones (excluding diaryl/α,β-unsaturated/α-hetero) is 1.